The number of rotatable bonds is 4. The van der Waals surface area contributed by atoms with E-state index in [-0.39, 0.29) is 0 Å². The predicted molar refractivity (Wildman–Crippen MR) is 83.4 cm³/mol. The first kappa shape index (κ1) is 15.5. The maximum Gasteiger partial charge on any atom is 0.330 e. The van der Waals surface area contributed by atoms with Gasteiger partial charge >= 0.3 is 5.97 Å². The van der Waals surface area contributed by atoms with Crippen LogP contribution >= 0.6 is 27.5 Å². The number of amides is 1. The van der Waals surface area contributed by atoms with Crippen molar-refractivity contribution < 1.29 is 14.7 Å². The van der Waals surface area contributed by atoms with E-state index < -0.39 is 17.9 Å². The minimum absolute atomic E-state index is 0.321. The van der Waals surface area contributed by atoms with Gasteiger partial charge in [-0.2, -0.15) is 0 Å². The summed E-state index contributed by atoms with van der Waals surface area (Å²) in [6.07, 6.45) is 0. The summed E-state index contributed by atoms with van der Waals surface area (Å²) in [4.78, 5) is 23.6. The van der Waals surface area contributed by atoms with Gasteiger partial charge in [0.05, 0.1) is 5.56 Å². The number of carbonyl (C=O) groups is 2. The van der Waals surface area contributed by atoms with Crippen LogP contribution in [0.2, 0.25) is 5.02 Å². The third kappa shape index (κ3) is 3.83. The number of carbonyl (C=O) groups excluding carboxylic acids is 1. The van der Waals surface area contributed by atoms with Crippen LogP contribution in [0.15, 0.2) is 53.0 Å². The summed E-state index contributed by atoms with van der Waals surface area (Å²) in [5, 5.41) is 12.3. The number of hydrogen-bond acceptors (Lipinski definition) is 2. The number of hydrogen-bond donors (Lipinski definition) is 2. The molecule has 21 heavy (non-hydrogen) atoms. The summed E-state index contributed by atoms with van der Waals surface area (Å²) >= 11 is 9.06. The highest BCUT2D eigenvalue weighted by atomic mass is 79.9. The second kappa shape index (κ2) is 6.74. The first-order valence-electron chi connectivity index (χ1n) is 6.02. The summed E-state index contributed by atoms with van der Waals surface area (Å²) in [5.74, 6) is -1.62. The SMILES string of the molecule is O=C(NC(C(=O)O)c1ccccc1)c1ccc(Cl)cc1Br. The van der Waals surface area contributed by atoms with E-state index in [0.29, 0.717) is 20.6 Å². The van der Waals surface area contributed by atoms with E-state index in [0.717, 1.165) is 0 Å². The zero-order chi connectivity index (χ0) is 15.4. The Morgan fingerprint density at radius 3 is 2.38 bits per heavy atom. The third-order valence-corrected chi connectivity index (χ3v) is 3.72. The molecule has 2 aromatic rings. The highest BCUT2D eigenvalue weighted by Gasteiger charge is 2.23. The fourth-order valence-electron chi connectivity index (χ4n) is 1.82. The summed E-state index contributed by atoms with van der Waals surface area (Å²) in [5.41, 5.74) is 0.824. The van der Waals surface area contributed by atoms with Crippen molar-refractivity contribution in [1.29, 1.82) is 0 Å². The van der Waals surface area contributed by atoms with Crippen LogP contribution in [-0.4, -0.2) is 17.0 Å². The van der Waals surface area contributed by atoms with Crippen LogP contribution in [0, 0.1) is 0 Å². The molecule has 1 unspecified atom stereocenters. The standard InChI is InChI=1S/C15H11BrClNO3/c16-12-8-10(17)6-7-11(12)14(19)18-13(15(20)21)9-4-2-1-3-5-9/h1-8,13H,(H,18,19)(H,20,21). The van der Waals surface area contributed by atoms with Gasteiger partial charge in [-0.05, 0) is 39.7 Å². The zero-order valence-electron chi connectivity index (χ0n) is 10.7. The Bertz CT molecular complexity index is 676. The quantitative estimate of drug-likeness (QED) is 0.865. The molecule has 2 N–H and O–H groups in total. The average Bonchev–Trinajstić information content (AvgIpc) is 2.45. The fraction of sp³-hybridized carbons (Fsp3) is 0.0667. The molecule has 0 aliphatic heterocycles. The molecule has 0 aliphatic carbocycles. The van der Waals surface area contributed by atoms with Gasteiger partial charge in [0.25, 0.3) is 5.91 Å². The first-order chi connectivity index (χ1) is 9.99. The smallest absolute Gasteiger partial charge is 0.330 e. The summed E-state index contributed by atoms with van der Waals surface area (Å²) in [6, 6.07) is 12.1. The molecule has 4 nitrogen and oxygen atoms in total. The maximum atomic E-state index is 12.2. The Balaban J connectivity index is 2.25. The third-order valence-electron chi connectivity index (χ3n) is 2.83. The molecular formula is C15H11BrClNO3. The summed E-state index contributed by atoms with van der Waals surface area (Å²) < 4.78 is 0.504. The van der Waals surface area contributed by atoms with Crippen molar-refractivity contribution in [3.63, 3.8) is 0 Å². The van der Waals surface area contributed by atoms with Crippen molar-refractivity contribution in [2.75, 3.05) is 0 Å². The topological polar surface area (TPSA) is 66.4 Å². The largest absolute Gasteiger partial charge is 0.479 e. The normalized spacial score (nSPS) is 11.7. The Morgan fingerprint density at radius 2 is 1.81 bits per heavy atom. The number of carboxylic acids is 1. The predicted octanol–water partition coefficient (Wildman–Crippen LogP) is 3.66. The lowest BCUT2D eigenvalue weighted by Gasteiger charge is -2.15. The van der Waals surface area contributed by atoms with E-state index in [2.05, 4.69) is 21.2 Å². The van der Waals surface area contributed by atoms with E-state index in [1.807, 2.05) is 0 Å². The minimum Gasteiger partial charge on any atom is -0.479 e. The van der Waals surface area contributed by atoms with Gasteiger partial charge in [0.1, 0.15) is 0 Å². The molecule has 0 radical (unpaired) electrons. The Kier molecular flexibility index (Phi) is 4.98. The average molecular weight is 369 g/mol. The van der Waals surface area contributed by atoms with Crippen LogP contribution in [0.4, 0.5) is 0 Å². The molecule has 0 aliphatic rings. The highest BCUT2D eigenvalue weighted by molar-refractivity contribution is 9.10. The van der Waals surface area contributed by atoms with Crippen molar-refractivity contribution in [2.45, 2.75) is 6.04 Å². The van der Waals surface area contributed by atoms with Crippen molar-refractivity contribution in [3.05, 3.63) is 69.2 Å². The van der Waals surface area contributed by atoms with Crippen LogP contribution in [0.5, 0.6) is 0 Å². The molecule has 1 atom stereocenters. The van der Waals surface area contributed by atoms with Crippen molar-refractivity contribution >= 4 is 39.4 Å². The zero-order valence-corrected chi connectivity index (χ0v) is 13.1. The number of aliphatic carboxylic acids is 1. The van der Waals surface area contributed by atoms with Gasteiger partial charge in [0.2, 0.25) is 0 Å². The maximum absolute atomic E-state index is 12.2. The van der Waals surface area contributed by atoms with Gasteiger partial charge in [-0.25, -0.2) is 4.79 Å². The first-order valence-corrected chi connectivity index (χ1v) is 7.20. The van der Waals surface area contributed by atoms with Crippen LogP contribution in [0.3, 0.4) is 0 Å². The van der Waals surface area contributed by atoms with E-state index in [4.69, 9.17) is 11.6 Å². The monoisotopic (exact) mass is 367 g/mol. The van der Waals surface area contributed by atoms with Crippen LogP contribution < -0.4 is 5.32 Å². The molecule has 6 heteroatoms. The minimum atomic E-state index is -1.13. The van der Waals surface area contributed by atoms with Gasteiger partial charge in [0, 0.05) is 9.50 Å². The van der Waals surface area contributed by atoms with Crippen LogP contribution in [0.25, 0.3) is 0 Å². The number of nitrogens with one attached hydrogen (secondary N) is 1. The Labute approximate surface area is 134 Å². The summed E-state index contributed by atoms with van der Waals surface area (Å²) in [6.45, 7) is 0. The molecule has 108 valence electrons. The Morgan fingerprint density at radius 1 is 1.14 bits per heavy atom. The van der Waals surface area contributed by atoms with Gasteiger partial charge < -0.3 is 10.4 Å². The van der Waals surface area contributed by atoms with Crippen molar-refractivity contribution in [3.8, 4) is 0 Å². The second-order valence-electron chi connectivity index (χ2n) is 4.28. The number of carboxylic acid groups (broad SMARTS) is 1. The molecule has 2 rings (SSSR count). The summed E-state index contributed by atoms with van der Waals surface area (Å²) in [7, 11) is 0. The van der Waals surface area contributed by atoms with Gasteiger partial charge in [-0.1, -0.05) is 41.9 Å². The molecule has 0 fully saturated rings. The van der Waals surface area contributed by atoms with Gasteiger partial charge in [-0.3, -0.25) is 4.79 Å². The molecule has 0 heterocycles. The molecule has 0 aromatic heterocycles. The van der Waals surface area contributed by atoms with E-state index in [1.165, 1.54) is 6.07 Å². The highest BCUT2D eigenvalue weighted by Crippen LogP contribution is 2.22. The van der Waals surface area contributed by atoms with E-state index >= 15 is 0 Å². The number of halogens is 2. The lowest BCUT2D eigenvalue weighted by atomic mass is 10.1. The van der Waals surface area contributed by atoms with Gasteiger partial charge in [0.15, 0.2) is 6.04 Å². The number of benzene rings is 2. The fourth-order valence-corrected chi connectivity index (χ4v) is 2.68. The van der Waals surface area contributed by atoms with E-state index in [1.54, 1.807) is 42.5 Å². The van der Waals surface area contributed by atoms with Crippen LogP contribution in [-0.2, 0) is 4.79 Å². The lowest BCUT2D eigenvalue weighted by Crippen LogP contribution is -2.33. The van der Waals surface area contributed by atoms with Crippen molar-refractivity contribution in [1.82, 2.24) is 5.32 Å². The van der Waals surface area contributed by atoms with E-state index in [9.17, 15) is 14.7 Å². The molecule has 0 bridgehead atoms. The lowest BCUT2D eigenvalue weighted by molar-refractivity contribution is -0.139. The molecule has 0 spiro atoms. The Hall–Kier alpha value is -1.85. The second-order valence-corrected chi connectivity index (χ2v) is 5.57. The molecule has 1 amide bonds. The van der Waals surface area contributed by atoms with Crippen LogP contribution in [0.1, 0.15) is 22.0 Å². The van der Waals surface area contributed by atoms with Gasteiger partial charge in [-0.15, -0.1) is 0 Å². The van der Waals surface area contributed by atoms with Crippen molar-refractivity contribution in [2.24, 2.45) is 0 Å². The molecular weight excluding hydrogens is 358 g/mol. The molecule has 0 saturated carbocycles. The molecule has 0 saturated heterocycles. The molecule has 2 aromatic carbocycles.